The lowest BCUT2D eigenvalue weighted by Crippen LogP contribution is -2.29. The van der Waals surface area contributed by atoms with E-state index in [2.05, 4.69) is 0 Å². The molecule has 0 aliphatic heterocycles. The number of hydrogen-bond acceptors (Lipinski definition) is 0. The van der Waals surface area contributed by atoms with Gasteiger partial charge in [-0.15, -0.1) is 0 Å². The molecular weight excluding hydrogens is 170 g/mol. The number of rotatable bonds is 3. The molecule has 1 aromatic carbocycles. The van der Waals surface area contributed by atoms with Crippen LogP contribution in [0.5, 0.6) is 0 Å². The lowest BCUT2D eigenvalue weighted by Gasteiger charge is -2.27. The highest BCUT2D eigenvalue weighted by Gasteiger charge is 2.34. The Morgan fingerprint density at radius 1 is 1.23 bits per heavy atom. The number of alkyl halides is 2. The molecule has 0 aromatic heterocycles. The summed E-state index contributed by atoms with van der Waals surface area (Å²) in [6, 6.07) is 8.95. The van der Waals surface area contributed by atoms with Crippen LogP contribution in [0.2, 0.25) is 0 Å². The fourth-order valence-electron chi connectivity index (χ4n) is 1.30. The van der Waals surface area contributed by atoms with Gasteiger partial charge in [-0.05, 0) is 12.0 Å². The van der Waals surface area contributed by atoms with Crippen molar-refractivity contribution in [3.63, 3.8) is 0 Å². The van der Waals surface area contributed by atoms with E-state index >= 15 is 0 Å². The van der Waals surface area contributed by atoms with E-state index in [0.29, 0.717) is 12.0 Å². The number of halogens is 2. The van der Waals surface area contributed by atoms with E-state index in [0.717, 1.165) is 0 Å². The molecule has 0 saturated carbocycles. The molecule has 0 spiro atoms. The molecular formula is C11H14F2. The highest BCUT2D eigenvalue weighted by atomic mass is 19.3. The van der Waals surface area contributed by atoms with E-state index in [9.17, 15) is 8.78 Å². The van der Waals surface area contributed by atoms with Crippen LogP contribution in [0.3, 0.4) is 0 Å². The van der Waals surface area contributed by atoms with Gasteiger partial charge in [-0.2, -0.15) is 0 Å². The summed E-state index contributed by atoms with van der Waals surface area (Å²) in [4.78, 5) is 0. The van der Waals surface area contributed by atoms with E-state index in [1.807, 2.05) is 6.07 Å². The normalized spacial score (nSPS) is 15.8. The molecule has 2 heteroatoms. The molecule has 1 atom stereocenters. The first-order valence-electron chi connectivity index (χ1n) is 4.45. The van der Waals surface area contributed by atoms with Gasteiger partial charge in [0.2, 0.25) is 6.43 Å². The molecule has 0 nitrogen and oxygen atoms in total. The lowest BCUT2D eigenvalue weighted by atomic mass is 9.80. The zero-order chi connectivity index (χ0) is 9.90. The van der Waals surface area contributed by atoms with E-state index in [4.69, 9.17) is 0 Å². The van der Waals surface area contributed by atoms with Crippen molar-refractivity contribution in [1.29, 1.82) is 0 Å². The standard InChI is InChI=1S/C11H14F2/c1-3-11(2,10(12)13)9-7-5-4-6-8-9/h4-8,10H,3H2,1-2H3. The molecule has 0 radical (unpaired) electrons. The molecule has 13 heavy (non-hydrogen) atoms. The average molecular weight is 184 g/mol. The van der Waals surface area contributed by atoms with Gasteiger partial charge >= 0.3 is 0 Å². The van der Waals surface area contributed by atoms with Crippen LogP contribution in [0.15, 0.2) is 30.3 Å². The second-order valence-corrected chi connectivity index (χ2v) is 3.44. The molecule has 0 amide bonds. The summed E-state index contributed by atoms with van der Waals surface area (Å²) in [5, 5.41) is 0. The smallest absolute Gasteiger partial charge is 0.210 e. The highest BCUT2D eigenvalue weighted by molar-refractivity contribution is 5.24. The third-order valence-electron chi connectivity index (χ3n) is 2.65. The molecule has 0 fully saturated rings. The Hall–Kier alpha value is -0.920. The van der Waals surface area contributed by atoms with Crippen molar-refractivity contribution in [2.24, 2.45) is 0 Å². The SMILES string of the molecule is CCC(C)(c1ccccc1)C(F)F. The van der Waals surface area contributed by atoms with Crippen molar-refractivity contribution < 1.29 is 8.78 Å². The van der Waals surface area contributed by atoms with Crippen LogP contribution in [0, 0.1) is 0 Å². The van der Waals surface area contributed by atoms with E-state index in [1.54, 1.807) is 38.1 Å². The van der Waals surface area contributed by atoms with Crippen molar-refractivity contribution in [2.75, 3.05) is 0 Å². The summed E-state index contributed by atoms with van der Waals surface area (Å²) in [5.41, 5.74) is -0.283. The van der Waals surface area contributed by atoms with Gasteiger partial charge in [0.15, 0.2) is 0 Å². The molecule has 1 unspecified atom stereocenters. The van der Waals surface area contributed by atoms with Crippen LogP contribution in [0.25, 0.3) is 0 Å². The van der Waals surface area contributed by atoms with Crippen molar-refractivity contribution in [1.82, 2.24) is 0 Å². The van der Waals surface area contributed by atoms with Gasteiger partial charge in [-0.25, -0.2) is 8.78 Å². The van der Waals surface area contributed by atoms with Crippen molar-refractivity contribution >= 4 is 0 Å². The summed E-state index contributed by atoms with van der Waals surface area (Å²) in [6.07, 6.45) is -1.85. The van der Waals surface area contributed by atoms with Crippen LogP contribution in [0.4, 0.5) is 8.78 Å². The molecule has 0 N–H and O–H groups in total. The summed E-state index contributed by atoms with van der Waals surface area (Å²) < 4.78 is 25.5. The minimum atomic E-state index is -2.31. The fourth-order valence-corrected chi connectivity index (χ4v) is 1.30. The molecule has 1 rings (SSSR count). The monoisotopic (exact) mass is 184 g/mol. The van der Waals surface area contributed by atoms with Crippen molar-refractivity contribution in [2.45, 2.75) is 32.1 Å². The lowest BCUT2D eigenvalue weighted by molar-refractivity contribution is 0.0567. The Bertz CT molecular complexity index is 256. The van der Waals surface area contributed by atoms with Gasteiger partial charge in [-0.3, -0.25) is 0 Å². The van der Waals surface area contributed by atoms with Gasteiger partial charge < -0.3 is 0 Å². The Kier molecular flexibility index (Phi) is 3.02. The average Bonchev–Trinajstić information content (AvgIpc) is 2.17. The minimum Gasteiger partial charge on any atom is -0.210 e. The molecule has 0 aliphatic rings. The van der Waals surface area contributed by atoms with Gasteiger partial charge in [0.05, 0.1) is 5.41 Å². The second-order valence-electron chi connectivity index (χ2n) is 3.44. The first-order chi connectivity index (χ1) is 6.11. The van der Waals surface area contributed by atoms with Gasteiger partial charge in [0.25, 0.3) is 0 Å². The van der Waals surface area contributed by atoms with Crippen LogP contribution >= 0.6 is 0 Å². The molecule has 72 valence electrons. The first-order valence-corrected chi connectivity index (χ1v) is 4.45. The van der Waals surface area contributed by atoms with Crippen LogP contribution < -0.4 is 0 Å². The predicted octanol–water partition coefficient (Wildman–Crippen LogP) is 3.62. The van der Waals surface area contributed by atoms with E-state index < -0.39 is 11.8 Å². The molecule has 0 heterocycles. The Labute approximate surface area is 77.6 Å². The fraction of sp³-hybridized carbons (Fsp3) is 0.455. The van der Waals surface area contributed by atoms with E-state index in [1.165, 1.54) is 0 Å². The quantitative estimate of drug-likeness (QED) is 0.673. The predicted molar refractivity (Wildman–Crippen MR) is 50.1 cm³/mol. The Balaban J connectivity index is 3.03. The summed E-state index contributed by atoms with van der Waals surface area (Å²) in [5.74, 6) is 0. The minimum absolute atomic E-state index is 0.453. The topological polar surface area (TPSA) is 0 Å². The Morgan fingerprint density at radius 2 is 1.77 bits per heavy atom. The van der Waals surface area contributed by atoms with Gasteiger partial charge in [0.1, 0.15) is 0 Å². The zero-order valence-corrected chi connectivity index (χ0v) is 7.93. The highest BCUT2D eigenvalue weighted by Crippen LogP contribution is 2.33. The molecule has 0 saturated heterocycles. The van der Waals surface area contributed by atoms with Crippen LogP contribution in [-0.2, 0) is 5.41 Å². The Morgan fingerprint density at radius 3 is 2.15 bits per heavy atom. The third kappa shape index (κ3) is 1.87. The largest absolute Gasteiger partial charge is 0.247 e. The summed E-state index contributed by atoms with van der Waals surface area (Å²) in [7, 11) is 0. The maximum absolute atomic E-state index is 12.8. The number of benzene rings is 1. The van der Waals surface area contributed by atoms with E-state index in [-0.39, 0.29) is 0 Å². The first kappa shape index (κ1) is 10.2. The molecule has 0 aliphatic carbocycles. The van der Waals surface area contributed by atoms with Crippen LogP contribution in [0.1, 0.15) is 25.8 Å². The maximum atomic E-state index is 12.8. The number of hydrogen-bond donors (Lipinski definition) is 0. The maximum Gasteiger partial charge on any atom is 0.247 e. The third-order valence-corrected chi connectivity index (χ3v) is 2.65. The summed E-state index contributed by atoms with van der Waals surface area (Å²) in [6.45, 7) is 3.39. The van der Waals surface area contributed by atoms with Crippen molar-refractivity contribution in [3.05, 3.63) is 35.9 Å². The molecule has 0 bridgehead atoms. The zero-order valence-electron chi connectivity index (χ0n) is 7.93. The van der Waals surface area contributed by atoms with Gasteiger partial charge in [-0.1, -0.05) is 44.2 Å². The van der Waals surface area contributed by atoms with Crippen LogP contribution in [-0.4, -0.2) is 6.43 Å². The molecule has 1 aromatic rings. The van der Waals surface area contributed by atoms with Crippen molar-refractivity contribution in [3.8, 4) is 0 Å². The van der Waals surface area contributed by atoms with Gasteiger partial charge in [0, 0.05) is 0 Å². The summed E-state index contributed by atoms with van der Waals surface area (Å²) >= 11 is 0. The second kappa shape index (κ2) is 3.86.